The number of benzene rings is 11. The van der Waals surface area contributed by atoms with Gasteiger partial charge < -0.3 is 27.7 Å². The van der Waals surface area contributed by atoms with Gasteiger partial charge in [-0.15, -0.1) is 0 Å². The van der Waals surface area contributed by atoms with Crippen LogP contribution in [-0.2, 0) is 19.2 Å². The van der Waals surface area contributed by atoms with Crippen LogP contribution in [0.1, 0.15) is 217 Å². The van der Waals surface area contributed by atoms with Crippen LogP contribution < -0.4 is 27.7 Å². The van der Waals surface area contributed by atoms with Gasteiger partial charge in [0.25, 0.3) is 0 Å². The molecular formula is C101H124Cl2F4N8O. The summed E-state index contributed by atoms with van der Waals surface area (Å²) in [5, 5.41) is 1.48. The molecule has 0 bridgehead atoms. The molecule has 4 aliphatic rings. The summed E-state index contributed by atoms with van der Waals surface area (Å²) in [7, 11) is 0. The summed E-state index contributed by atoms with van der Waals surface area (Å²) in [6.07, 6.45) is 7.64. The smallest absolute Gasteiger partial charge is 0.416 e. The molecule has 116 heavy (non-hydrogen) atoms. The molecule has 9 nitrogen and oxygen atoms in total. The fourth-order valence-corrected chi connectivity index (χ4v) is 17.0. The van der Waals surface area contributed by atoms with Crippen molar-refractivity contribution in [2.24, 2.45) is 22.9 Å². The third kappa shape index (κ3) is 24.4. The Balaban J connectivity index is 0.000000193. The zero-order valence-corrected chi connectivity index (χ0v) is 65.9. The highest BCUT2D eigenvalue weighted by molar-refractivity contribution is 6.30. The van der Waals surface area contributed by atoms with Gasteiger partial charge >= 0.3 is 6.18 Å². The van der Waals surface area contributed by atoms with E-state index in [9.17, 15) is 17.6 Å². The van der Waals surface area contributed by atoms with Crippen LogP contribution in [0, 0.1) is 5.82 Å². The molecule has 10 atom stereocenters. The van der Waals surface area contributed by atoms with E-state index in [2.05, 4.69) is 191 Å². The molecule has 4 saturated heterocycles. The lowest BCUT2D eigenvalue weighted by atomic mass is 9.85. The molecule has 616 valence electrons. The van der Waals surface area contributed by atoms with Crippen LogP contribution in [0.25, 0.3) is 0 Å². The topological polar surface area (TPSA) is 126 Å². The second-order valence-corrected chi connectivity index (χ2v) is 31.1. The Kier molecular flexibility index (Phi) is 36.6. The Labute approximate surface area is 701 Å². The first-order valence-corrected chi connectivity index (χ1v) is 40.8. The van der Waals surface area contributed by atoms with Crippen molar-refractivity contribution in [2.45, 2.75) is 199 Å². The maximum absolute atomic E-state index is 13.7. The standard InChI is InChI=1S/C31H32N2O.C24H23F3N2.C21H26ClFN2.C21H27ClN2.4CH4/c32-29(22-24-16-18-28(19-17-24)34-23-25-10-4-1-5-11-25)30-20-21-33(30)31(26-12-6-2-7-13-26)27-14-8-3-9-15-27;25-24(26,27)20-13-7-12-19(16-20)22(28)21-14-15-29(21)23(17-8-3-1-4-9-17)18-10-5-2-6-11-18;1-2-3-10-19(15-6-5-9-18(23)14-15)25-12-11-20(25)21(24)16-7-4-8-17(22)13-16;1-2-3-12-19(16-8-5-4-6-9-16)24-14-13-20(24)21(23)17-10-7-11-18(22)15-17;;;;/h1-19,29-31H,20-23,32H2;1-13,16,21-23H,14-15,28H2;4-9,13-14,19-21H,2-3,10-12,24H2,1H3;4-11,15,19-21H,2-3,12-14,23H2,1H3;4*1H4/t;21-,22-;2*19?,20-,21-;;;;/m.000..../s1. The molecule has 11 aromatic rings. The van der Waals surface area contributed by atoms with E-state index in [-0.39, 0.29) is 83.9 Å². The molecule has 8 N–H and O–H groups in total. The Morgan fingerprint density at radius 1 is 0.371 bits per heavy atom. The first kappa shape index (κ1) is 92.7. The van der Waals surface area contributed by atoms with Crippen LogP contribution >= 0.6 is 23.2 Å². The first-order chi connectivity index (χ1) is 54.5. The van der Waals surface area contributed by atoms with Gasteiger partial charge in [0.15, 0.2) is 0 Å². The largest absolute Gasteiger partial charge is 0.489 e. The SMILES string of the molecule is C.C.C.C.CCCCC(c1cccc(F)c1)N1CC[C@H]1[C@@H](N)c1cccc(Cl)c1.CCCCC(c1ccccc1)N1CC[C@H]1[C@@H](N)c1cccc(Cl)c1.NC(Cc1ccc(OCc2ccccc2)cc1)C1CCN1C(c1ccccc1)c1ccccc1.N[C@@H](c1cccc(C(F)(F)F)c1)[C@@H]1CCN1C(c1ccccc1)c1ccccc1. The molecular weight excluding hydrogens is 1490 g/mol. The van der Waals surface area contributed by atoms with Crippen molar-refractivity contribution in [3.8, 4) is 5.75 Å². The predicted molar refractivity (Wildman–Crippen MR) is 478 cm³/mol. The monoisotopic (exact) mass is 1610 g/mol. The molecule has 15 rings (SSSR count). The number of rotatable bonds is 28. The van der Waals surface area contributed by atoms with Crippen LogP contribution in [0.5, 0.6) is 5.75 Å². The maximum Gasteiger partial charge on any atom is 0.416 e. The molecule has 4 fully saturated rings. The number of likely N-dealkylation sites (tertiary alicyclic amines) is 4. The van der Waals surface area contributed by atoms with Crippen LogP contribution in [0.2, 0.25) is 10.0 Å². The van der Waals surface area contributed by atoms with Crippen molar-refractivity contribution in [1.29, 1.82) is 0 Å². The number of unbranched alkanes of at least 4 members (excludes halogenated alkanes) is 2. The molecule has 4 aliphatic heterocycles. The van der Waals surface area contributed by atoms with Gasteiger partial charge in [-0.05, 0) is 167 Å². The predicted octanol–water partition coefficient (Wildman–Crippen LogP) is 24.9. The summed E-state index contributed by atoms with van der Waals surface area (Å²) >= 11 is 12.3. The summed E-state index contributed by atoms with van der Waals surface area (Å²) in [6, 6.07) is 101. The van der Waals surface area contributed by atoms with E-state index in [0.29, 0.717) is 35.3 Å². The second kappa shape index (κ2) is 45.8. The second-order valence-electron chi connectivity index (χ2n) is 30.2. The van der Waals surface area contributed by atoms with Crippen LogP contribution in [0.4, 0.5) is 17.6 Å². The summed E-state index contributed by atoms with van der Waals surface area (Å²) < 4.78 is 59.1. The molecule has 4 unspecified atom stereocenters. The number of nitrogens with zero attached hydrogens (tertiary/aromatic N) is 4. The molecule has 0 amide bonds. The van der Waals surface area contributed by atoms with Crippen molar-refractivity contribution in [3.05, 3.63) is 386 Å². The molecule has 4 heterocycles. The van der Waals surface area contributed by atoms with Gasteiger partial charge in [-0.3, -0.25) is 19.6 Å². The third-order valence-electron chi connectivity index (χ3n) is 22.9. The van der Waals surface area contributed by atoms with E-state index in [0.717, 1.165) is 122 Å². The molecule has 15 heteroatoms. The number of hydrogen-bond donors (Lipinski definition) is 4. The van der Waals surface area contributed by atoms with Gasteiger partial charge in [0.2, 0.25) is 0 Å². The molecule has 0 radical (unpaired) electrons. The number of alkyl halides is 3. The van der Waals surface area contributed by atoms with Crippen molar-refractivity contribution in [1.82, 2.24) is 19.6 Å². The van der Waals surface area contributed by atoms with Gasteiger partial charge in [0, 0.05) is 96.6 Å². The Bertz CT molecular complexity index is 4520. The van der Waals surface area contributed by atoms with Crippen molar-refractivity contribution >= 4 is 23.2 Å². The molecule has 0 saturated carbocycles. The van der Waals surface area contributed by atoms with Gasteiger partial charge in [-0.25, -0.2) is 4.39 Å². The minimum atomic E-state index is -4.37. The van der Waals surface area contributed by atoms with E-state index in [1.54, 1.807) is 18.2 Å². The lowest BCUT2D eigenvalue weighted by Gasteiger charge is -2.49. The number of nitrogens with two attached hydrogens (primary N) is 4. The normalized spacial score (nSPS) is 18.1. The molecule has 0 aromatic heterocycles. The Morgan fingerprint density at radius 2 is 0.716 bits per heavy atom. The van der Waals surface area contributed by atoms with Gasteiger partial charge in [0.1, 0.15) is 18.2 Å². The zero-order chi connectivity index (χ0) is 78.4. The summed E-state index contributed by atoms with van der Waals surface area (Å²) in [5.41, 5.74) is 38.4. The van der Waals surface area contributed by atoms with Gasteiger partial charge in [0.05, 0.1) is 17.6 Å². The van der Waals surface area contributed by atoms with Gasteiger partial charge in [-0.2, -0.15) is 13.2 Å². The fraction of sp³-hybridized carbons (Fsp3) is 0.347. The average Bonchev–Trinajstić information content (AvgIpc) is 0.770. The quantitative estimate of drug-likeness (QED) is 0.0355. The van der Waals surface area contributed by atoms with Crippen LogP contribution in [-0.4, -0.2) is 76.0 Å². The summed E-state index contributed by atoms with van der Waals surface area (Å²) in [5.74, 6) is 0.717. The lowest BCUT2D eigenvalue weighted by molar-refractivity contribution is -0.137. The highest BCUT2D eigenvalue weighted by Crippen LogP contribution is 2.44. The van der Waals surface area contributed by atoms with Crippen molar-refractivity contribution in [3.63, 3.8) is 0 Å². The van der Waals surface area contributed by atoms with E-state index in [1.807, 2.05) is 103 Å². The maximum atomic E-state index is 13.7. The summed E-state index contributed by atoms with van der Waals surface area (Å²) in [6.45, 7) is 9.08. The fourth-order valence-electron chi connectivity index (χ4n) is 16.6. The van der Waals surface area contributed by atoms with Crippen LogP contribution in [0.15, 0.2) is 303 Å². The molecule has 0 spiro atoms. The van der Waals surface area contributed by atoms with Crippen LogP contribution in [0.3, 0.4) is 0 Å². The van der Waals surface area contributed by atoms with E-state index >= 15 is 0 Å². The minimum absolute atomic E-state index is 0. The highest BCUT2D eigenvalue weighted by Gasteiger charge is 2.43. The lowest BCUT2D eigenvalue weighted by Crippen LogP contribution is -2.58. The van der Waals surface area contributed by atoms with E-state index in [4.69, 9.17) is 50.9 Å². The summed E-state index contributed by atoms with van der Waals surface area (Å²) in [4.78, 5) is 9.91. The number of halogens is 6. The number of hydrogen-bond acceptors (Lipinski definition) is 9. The zero-order valence-electron chi connectivity index (χ0n) is 64.4. The average molecular weight is 1610 g/mol. The van der Waals surface area contributed by atoms with Crippen molar-refractivity contribution in [2.75, 3.05) is 26.2 Å². The Morgan fingerprint density at radius 3 is 1.09 bits per heavy atom. The first-order valence-electron chi connectivity index (χ1n) is 40.0. The van der Waals surface area contributed by atoms with Gasteiger partial charge in [-0.1, -0.05) is 335 Å². The Hall–Kier alpha value is -8.80. The van der Waals surface area contributed by atoms with E-state index < -0.39 is 17.8 Å². The minimum Gasteiger partial charge on any atom is -0.489 e. The molecule has 0 aliphatic carbocycles. The number of ether oxygens (including phenoxy) is 1. The van der Waals surface area contributed by atoms with E-state index in [1.165, 1.54) is 65.3 Å². The van der Waals surface area contributed by atoms with Crippen molar-refractivity contribution < 1.29 is 22.3 Å². The highest BCUT2D eigenvalue weighted by atomic mass is 35.5. The molecule has 11 aromatic carbocycles. The third-order valence-corrected chi connectivity index (χ3v) is 23.4.